The standard InChI is InChI=1S/C12H27NO/c1-11(7-6-10-14-5)8-9-13-12(2,3)4/h11,13H,6-10H2,1-5H3. The van der Waals surface area contributed by atoms with Crippen LogP contribution in [0.1, 0.15) is 47.0 Å². The van der Waals surface area contributed by atoms with Gasteiger partial charge in [0.1, 0.15) is 0 Å². The molecule has 0 saturated heterocycles. The van der Waals surface area contributed by atoms with E-state index in [-0.39, 0.29) is 5.54 Å². The second-order valence-electron chi connectivity index (χ2n) is 5.21. The summed E-state index contributed by atoms with van der Waals surface area (Å²) >= 11 is 0. The van der Waals surface area contributed by atoms with E-state index in [4.69, 9.17) is 4.74 Å². The summed E-state index contributed by atoms with van der Waals surface area (Å²) in [6, 6.07) is 0. The summed E-state index contributed by atoms with van der Waals surface area (Å²) in [4.78, 5) is 0. The van der Waals surface area contributed by atoms with E-state index in [2.05, 4.69) is 33.0 Å². The van der Waals surface area contributed by atoms with Gasteiger partial charge >= 0.3 is 0 Å². The molecule has 0 rings (SSSR count). The summed E-state index contributed by atoms with van der Waals surface area (Å²) in [6.07, 6.45) is 3.73. The zero-order chi connectivity index (χ0) is 11.0. The van der Waals surface area contributed by atoms with Gasteiger partial charge in [0, 0.05) is 19.3 Å². The van der Waals surface area contributed by atoms with E-state index in [1.807, 2.05) is 0 Å². The van der Waals surface area contributed by atoms with Crippen molar-refractivity contribution in [2.75, 3.05) is 20.3 Å². The third-order valence-corrected chi connectivity index (χ3v) is 2.34. The fraction of sp³-hybridized carbons (Fsp3) is 1.00. The van der Waals surface area contributed by atoms with Crippen molar-refractivity contribution in [2.24, 2.45) is 5.92 Å². The average molecular weight is 201 g/mol. The summed E-state index contributed by atoms with van der Waals surface area (Å²) < 4.78 is 5.04. The summed E-state index contributed by atoms with van der Waals surface area (Å²) in [7, 11) is 1.77. The molecular formula is C12H27NO. The van der Waals surface area contributed by atoms with Crippen LogP contribution in [0, 0.1) is 5.92 Å². The monoisotopic (exact) mass is 201 g/mol. The molecule has 0 aromatic carbocycles. The van der Waals surface area contributed by atoms with Crippen LogP contribution in [0.25, 0.3) is 0 Å². The number of methoxy groups -OCH3 is 1. The van der Waals surface area contributed by atoms with E-state index in [1.54, 1.807) is 7.11 Å². The molecule has 1 unspecified atom stereocenters. The summed E-state index contributed by atoms with van der Waals surface area (Å²) in [6.45, 7) is 11.0. The Balaban J connectivity index is 3.31. The molecule has 0 aliphatic carbocycles. The molecule has 0 saturated carbocycles. The first-order chi connectivity index (χ1) is 6.45. The number of ether oxygens (including phenoxy) is 1. The van der Waals surface area contributed by atoms with Crippen LogP contribution >= 0.6 is 0 Å². The van der Waals surface area contributed by atoms with Gasteiger partial charge in [-0.3, -0.25) is 0 Å². The zero-order valence-corrected chi connectivity index (χ0v) is 10.5. The number of hydrogen-bond acceptors (Lipinski definition) is 2. The van der Waals surface area contributed by atoms with Crippen molar-refractivity contribution in [1.29, 1.82) is 0 Å². The molecule has 0 fully saturated rings. The van der Waals surface area contributed by atoms with Gasteiger partial charge in [0.05, 0.1) is 0 Å². The molecule has 0 radical (unpaired) electrons. The second-order valence-corrected chi connectivity index (χ2v) is 5.21. The van der Waals surface area contributed by atoms with E-state index in [0.717, 1.165) is 19.1 Å². The largest absolute Gasteiger partial charge is 0.385 e. The maximum atomic E-state index is 5.04. The Morgan fingerprint density at radius 1 is 1.21 bits per heavy atom. The predicted octanol–water partition coefficient (Wildman–Crippen LogP) is 2.83. The lowest BCUT2D eigenvalue weighted by Gasteiger charge is -2.21. The van der Waals surface area contributed by atoms with Gasteiger partial charge in [-0.15, -0.1) is 0 Å². The van der Waals surface area contributed by atoms with Gasteiger partial charge in [0.25, 0.3) is 0 Å². The molecule has 1 atom stereocenters. The van der Waals surface area contributed by atoms with E-state index < -0.39 is 0 Å². The third-order valence-electron chi connectivity index (χ3n) is 2.34. The van der Waals surface area contributed by atoms with Crippen molar-refractivity contribution in [3.05, 3.63) is 0 Å². The molecule has 0 aliphatic rings. The molecule has 2 heteroatoms. The highest BCUT2D eigenvalue weighted by atomic mass is 16.5. The van der Waals surface area contributed by atoms with Crippen LogP contribution in [0.15, 0.2) is 0 Å². The molecule has 86 valence electrons. The van der Waals surface area contributed by atoms with Crippen molar-refractivity contribution in [3.63, 3.8) is 0 Å². The van der Waals surface area contributed by atoms with Crippen LogP contribution in [0.5, 0.6) is 0 Å². The van der Waals surface area contributed by atoms with Crippen LogP contribution in [0.2, 0.25) is 0 Å². The molecule has 0 amide bonds. The average Bonchev–Trinajstić information content (AvgIpc) is 2.02. The van der Waals surface area contributed by atoms with E-state index >= 15 is 0 Å². The Hall–Kier alpha value is -0.0800. The Morgan fingerprint density at radius 2 is 1.86 bits per heavy atom. The lowest BCUT2D eigenvalue weighted by molar-refractivity contribution is 0.186. The number of hydrogen-bond donors (Lipinski definition) is 1. The molecule has 14 heavy (non-hydrogen) atoms. The van der Waals surface area contributed by atoms with Crippen LogP contribution in [-0.2, 0) is 4.74 Å². The van der Waals surface area contributed by atoms with Gasteiger partial charge in [0.2, 0.25) is 0 Å². The van der Waals surface area contributed by atoms with Crippen LogP contribution in [-0.4, -0.2) is 25.8 Å². The van der Waals surface area contributed by atoms with E-state index in [0.29, 0.717) is 0 Å². The quantitative estimate of drug-likeness (QED) is 0.640. The predicted molar refractivity (Wildman–Crippen MR) is 62.6 cm³/mol. The maximum Gasteiger partial charge on any atom is 0.0462 e. The van der Waals surface area contributed by atoms with Crippen molar-refractivity contribution >= 4 is 0 Å². The molecular weight excluding hydrogens is 174 g/mol. The van der Waals surface area contributed by atoms with Gasteiger partial charge in [0.15, 0.2) is 0 Å². The van der Waals surface area contributed by atoms with Crippen molar-refractivity contribution in [2.45, 2.75) is 52.5 Å². The van der Waals surface area contributed by atoms with Crippen LogP contribution < -0.4 is 5.32 Å². The third kappa shape index (κ3) is 10.0. The highest BCUT2D eigenvalue weighted by molar-refractivity contribution is 4.70. The first kappa shape index (κ1) is 13.9. The molecule has 0 bridgehead atoms. The van der Waals surface area contributed by atoms with Crippen molar-refractivity contribution in [1.82, 2.24) is 5.32 Å². The number of nitrogens with one attached hydrogen (secondary N) is 1. The molecule has 0 aromatic rings. The molecule has 0 aliphatic heterocycles. The molecule has 1 N–H and O–H groups in total. The minimum absolute atomic E-state index is 0.256. The molecule has 0 spiro atoms. The summed E-state index contributed by atoms with van der Waals surface area (Å²) in [5.41, 5.74) is 0.256. The fourth-order valence-corrected chi connectivity index (χ4v) is 1.41. The second kappa shape index (κ2) is 7.24. The van der Waals surface area contributed by atoms with Crippen molar-refractivity contribution < 1.29 is 4.74 Å². The van der Waals surface area contributed by atoms with Gasteiger partial charge in [-0.25, -0.2) is 0 Å². The fourth-order valence-electron chi connectivity index (χ4n) is 1.41. The summed E-state index contributed by atoms with van der Waals surface area (Å²) in [5, 5.41) is 3.51. The zero-order valence-electron chi connectivity index (χ0n) is 10.5. The SMILES string of the molecule is COCCCC(C)CCNC(C)(C)C. The minimum Gasteiger partial charge on any atom is -0.385 e. The number of rotatable bonds is 7. The highest BCUT2D eigenvalue weighted by Gasteiger charge is 2.09. The first-order valence-corrected chi connectivity index (χ1v) is 5.69. The van der Waals surface area contributed by atoms with E-state index in [1.165, 1.54) is 19.3 Å². The Labute approximate surface area is 89.4 Å². The maximum absolute atomic E-state index is 5.04. The van der Waals surface area contributed by atoms with Crippen molar-refractivity contribution in [3.8, 4) is 0 Å². The first-order valence-electron chi connectivity index (χ1n) is 5.69. The summed E-state index contributed by atoms with van der Waals surface area (Å²) in [5.74, 6) is 0.806. The lowest BCUT2D eigenvalue weighted by Crippen LogP contribution is -2.36. The van der Waals surface area contributed by atoms with Gasteiger partial charge < -0.3 is 10.1 Å². The van der Waals surface area contributed by atoms with Crippen LogP contribution in [0.4, 0.5) is 0 Å². The van der Waals surface area contributed by atoms with Gasteiger partial charge in [-0.2, -0.15) is 0 Å². The topological polar surface area (TPSA) is 21.3 Å². The normalized spacial score (nSPS) is 14.4. The van der Waals surface area contributed by atoms with Gasteiger partial charge in [-0.1, -0.05) is 6.92 Å². The minimum atomic E-state index is 0.256. The van der Waals surface area contributed by atoms with Gasteiger partial charge in [-0.05, 0) is 52.5 Å². The van der Waals surface area contributed by atoms with Crippen LogP contribution in [0.3, 0.4) is 0 Å². The lowest BCUT2D eigenvalue weighted by atomic mass is 10.0. The molecule has 0 heterocycles. The Morgan fingerprint density at radius 3 is 2.36 bits per heavy atom. The van der Waals surface area contributed by atoms with E-state index in [9.17, 15) is 0 Å². The highest BCUT2D eigenvalue weighted by Crippen LogP contribution is 2.10. The Kier molecular flexibility index (Phi) is 7.20. The Bertz CT molecular complexity index is 129. The smallest absolute Gasteiger partial charge is 0.0462 e. The molecule has 2 nitrogen and oxygen atoms in total. The molecule has 0 aromatic heterocycles.